The normalized spacial score (nSPS) is 12.8. The Balaban J connectivity index is 2.31. The highest BCUT2D eigenvalue weighted by Crippen LogP contribution is 2.12. The molecule has 12 heavy (non-hydrogen) atoms. The Hall–Kier alpha value is -0.970. The first-order valence-corrected chi connectivity index (χ1v) is 4.57. The van der Waals surface area contributed by atoms with E-state index in [1.807, 2.05) is 12.3 Å². The van der Waals surface area contributed by atoms with Crippen molar-refractivity contribution in [2.45, 2.75) is 18.1 Å². The van der Waals surface area contributed by atoms with E-state index in [1.54, 1.807) is 17.8 Å². The second-order valence-electron chi connectivity index (χ2n) is 2.32. The summed E-state index contributed by atoms with van der Waals surface area (Å²) in [6.45, 7) is 1.66. The van der Waals surface area contributed by atoms with Crippen molar-refractivity contribution in [2.24, 2.45) is 0 Å². The average Bonchev–Trinajstić information content (AvgIpc) is 2.51. The van der Waals surface area contributed by atoms with Gasteiger partial charge in [-0.3, -0.25) is 9.48 Å². The van der Waals surface area contributed by atoms with Crippen LogP contribution in [0.3, 0.4) is 0 Å². The summed E-state index contributed by atoms with van der Waals surface area (Å²) in [5.41, 5.74) is 0. The molecule has 1 aromatic rings. The minimum atomic E-state index is -0.785. The first-order valence-electron chi connectivity index (χ1n) is 3.52. The zero-order valence-electron chi connectivity index (χ0n) is 6.67. The molecular formula is C7H10N2O2S. The van der Waals surface area contributed by atoms with Crippen LogP contribution in [0.5, 0.6) is 0 Å². The van der Waals surface area contributed by atoms with Gasteiger partial charge in [-0.05, 0) is 13.0 Å². The van der Waals surface area contributed by atoms with E-state index >= 15 is 0 Å². The third-order valence-electron chi connectivity index (χ3n) is 1.36. The fourth-order valence-electron chi connectivity index (χ4n) is 0.636. The van der Waals surface area contributed by atoms with Crippen molar-refractivity contribution in [2.75, 3.05) is 0 Å². The van der Waals surface area contributed by atoms with Crippen molar-refractivity contribution in [3.63, 3.8) is 0 Å². The molecule has 0 saturated carbocycles. The monoisotopic (exact) mass is 186 g/mol. The van der Waals surface area contributed by atoms with E-state index in [-0.39, 0.29) is 5.25 Å². The summed E-state index contributed by atoms with van der Waals surface area (Å²) >= 11 is 1.34. The maximum Gasteiger partial charge on any atom is 0.316 e. The van der Waals surface area contributed by atoms with Gasteiger partial charge in [0.05, 0.1) is 5.88 Å². The maximum atomic E-state index is 10.4. The fraction of sp³-hybridized carbons (Fsp3) is 0.429. The molecular weight excluding hydrogens is 176 g/mol. The van der Waals surface area contributed by atoms with E-state index in [0.29, 0.717) is 5.88 Å². The van der Waals surface area contributed by atoms with E-state index in [0.717, 1.165) is 0 Å². The van der Waals surface area contributed by atoms with Crippen LogP contribution in [-0.4, -0.2) is 26.1 Å². The molecule has 4 nitrogen and oxygen atoms in total. The van der Waals surface area contributed by atoms with Crippen LogP contribution in [0, 0.1) is 0 Å². The number of carboxylic acid groups (broad SMARTS) is 1. The number of aliphatic carboxylic acids is 1. The zero-order chi connectivity index (χ0) is 8.97. The Kier molecular flexibility index (Phi) is 3.16. The number of nitrogens with zero attached hydrogens (tertiary/aromatic N) is 2. The van der Waals surface area contributed by atoms with Crippen molar-refractivity contribution < 1.29 is 9.90 Å². The van der Waals surface area contributed by atoms with Crippen LogP contribution in [0.1, 0.15) is 6.92 Å². The second kappa shape index (κ2) is 4.15. The summed E-state index contributed by atoms with van der Waals surface area (Å²) in [4.78, 5) is 10.4. The highest BCUT2D eigenvalue weighted by atomic mass is 32.2. The van der Waals surface area contributed by atoms with E-state index in [9.17, 15) is 4.79 Å². The lowest BCUT2D eigenvalue weighted by Crippen LogP contribution is -2.13. The number of carbonyl (C=O) groups is 1. The zero-order valence-corrected chi connectivity index (χ0v) is 7.49. The van der Waals surface area contributed by atoms with Crippen LogP contribution in [0.15, 0.2) is 18.5 Å². The van der Waals surface area contributed by atoms with E-state index in [4.69, 9.17) is 5.11 Å². The summed E-state index contributed by atoms with van der Waals surface area (Å²) in [5.74, 6) is -0.201. The van der Waals surface area contributed by atoms with Gasteiger partial charge in [-0.1, -0.05) is 0 Å². The second-order valence-corrected chi connectivity index (χ2v) is 3.62. The topological polar surface area (TPSA) is 55.1 Å². The molecule has 0 aliphatic rings. The SMILES string of the molecule is CC(SCn1cccn1)C(=O)O. The molecule has 0 aliphatic carbocycles. The van der Waals surface area contributed by atoms with Crippen LogP contribution in [0.25, 0.3) is 0 Å². The van der Waals surface area contributed by atoms with Crippen molar-refractivity contribution in [3.05, 3.63) is 18.5 Å². The average molecular weight is 186 g/mol. The predicted molar refractivity (Wildman–Crippen MR) is 46.9 cm³/mol. The van der Waals surface area contributed by atoms with Crippen LogP contribution >= 0.6 is 11.8 Å². The predicted octanol–water partition coefficient (Wildman–Crippen LogP) is 1.05. The quantitative estimate of drug-likeness (QED) is 0.763. The summed E-state index contributed by atoms with van der Waals surface area (Å²) in [6, 6.07) is 1.81. The molecule has 1 rings (SSSR count). The number of hydrogen-bond donors (Lipinski definition) is 1. The Morgan fingerprint density at radius 2 is 2.58 bits per heavy atom. The largest absolute Gasteiger partial charge is 0.480 e. The van der Waals surface area contributed by atoms with E-state index in [2.05, 4.69) is 5.10 Å². The number of thioether (sulfide) groups is 1. The summed E-state index contributed by atoms with van der Waals surface area (Å²) in [5, 5.41) is 12.1. The molecule has 0 fully saturated rings. The smallest absolute Gasteiger partial charge is 0.316 e. The maximum absolute atomic E-state index is 10.4. The first-order chi connectivity index (χ1) is 5.70. The molecule has 1 N–H and O–H groups in total. The Labute approximate surface area is 74.6 Å². The van der Waals surface area contributed by atoms with Gasteiger partial charge in [-0.25, -0.2) is 0 Å². The Morgan fingerprint density at radius 3 is 3.08 bits per heavy atom. The molecule has 1 heterocycles. The highest BCUT2D eigenvalue weighted by molar-refractivity contribution is 7.99. The molecule has 1 aromatic heterocycles. The van der Waals surface area contributed by atoms with Crippen LogP contribution < -0.4 is 0 Å². The molecule has 0 spiro atoms. The lowest BCUT2D eigenvalue weighted by molar-refractivity contribution is -0.136. The van der Waals surface area contributed by atoms with Gasteiger partial charge >= 0.3 is 5.97 Å². The summed E-state index contributed by atoms with van der Waals surface area (Å²) in [7, 11) is 0. The van der Waals surface area contributed by atoms with Crippen molar-refractivity contribution in [3.8, 4) is 0 Å². The minimum Gasteiger partial charge on any atom is -0.480 e. The third kappa shape index (κ3) is 2.58. The lowest BCUT2D eigenvalue weighted by Gasteiger charge is -2.04. The molecule has 0 bridgehead atoms. The molecule has 0 saturated heterocycles. The molecule has 1 unspecified atom stereocenters. The number of hydrogen-bond acceptors (Lipinski definition) is 3. The third-order valence-corrected chi connectivity index (χ3v) is 2.48. The number of aromatic nitrogens is 2. The van der Waals surface area contributed by atoms with Gasteiger partial charge in [0.15, 0.2) is 0 Å². The van der Waals surface area contributed by atoms with Crippen molar-refractivity contribution in [1.82, 2.24) is 9.78 Å². The minimum absolute atomic E-state index is 0.380. The first kappa shape index (κ1) is 9.12. The Morgan fingerprint density at radius 1 is 1.83 bits per heavy atom. The van der Waals surface area contributed by atoms with Gasteiger partial charge in [-0.15, -0.1) is 11.8 Å². The standard InChI is InChI=1S/C7H10N2O2S/c1-6(7(10)11)12-5-9-4-2-3-8-9/h2-4,6H,5H2,1H3,(H,10,11). The fourth-order valence-corrected chi connectivity index (χ4v) is 1.31. The van der Waals surface area contributed by atoms with Gasteiger partial charge in [0.25, 0.3) is 0 Å². The molecule has 0 aromatic carbocycles. The Bertz CT molecular complexity index is 248. The van der Waals surface area contributed by atoms with Crippen LogP contribution in [0.2, 0.25) is 0 Å². The highest BCUT2D eigenvalue weighted by Gasteiger charge is 2.10. The van der Waals surface area contributed by atoms with Crippen LogP contribution in [-0.2, 0) is 10.7 Å². The molecule has 0 amide bonds. The van der Waals surface area contributed by atoms with Gasteiger partial charge in [0.1, 0.15) is 5.25 Å². The van der Waals surface area contributed by atoms with E-state index < -0.39 is 5.97 Å². The molecule has 66 valence electrons. The van der Waals surface area contributed by atoms with Crippen molar-refractivity contribution in [1.29, 1.82) is 0 Å². The number of rotatable bonds is 4. The molecule has 1 atom stereocenters. The van der Waals surface area contributed by atoms with Crippen LogP contribution in [0.4, 0.5) is 0 Å². The molecule has 0 aliphatic heterocycles. The summed E-state index contributed by atoms with van der Waals surface area (Å²) in [6.07, 6.45) is 3.48. The molecule has 0 radical (unpaired) electrons. The van der Waals surface area contributed by atoms with Crippen molar-refractivity contribution >= 4 is 17.7 Å². The summed E-state index contributed by atoms with van der Waals surface area (Å²) < 4.78 is 1.70. The molecule has 5 heteroatoms. The number of carboxylic acids is 1. The lowest BCUT2D eigenvalue weighted by atomic mass is 10.5. The van der Waals surface area contributed by atoms with Gasteiger partial charge in [0, 0.05) is 12.4 Å². The van der Waals surface area contributed by atoms with Gasteiger partial charge in [0.2, 0.25) is 0 Å². The van der Waals surface area contributed by atoms with Gasteiger partial charge in [-0.2, -0.15) is 5.10 Å². The van der Waals surface area contributed by atoms with E-state index in [1.165, 1.54) is 11.8 Å². The van der Waals surface area contributed by atoms with Gasteiger partial charge < -0.3 is 5.11 Å².